The number of rotatable bonds is 3. The number of hydrogen-bond donors (Lipinski definition) is 0. The molecule has 18 heavy (non-hydrogen) atoms. The molecule has 0 unspecified atom stereocenters. The van der Waals surface area contributed by atoms with E-state index >= 15 is 0 Å². The number of carbonyl (C=O) groups is 1. The van der Waals surface area contributed by atoms with Gasteiger partial charge in [-0.2, -0.15) is 5.10 Å². The van der Waals surface area contributed by atoms with Crippen molar-refractivity contribution in [2.24, 2.45) is 0 Å². The lowest BCUT2D eigenvalue weighted by Gasteiger charge is -2.07. The minimum Gasteiger partial charge on any atom is -0.287 e. The van der Waals surface area contributed by atoms with Gasteiger partial charge in [0, 0.05) is 12.1 Å². The Bertz CT molecular complexity index is 582. The van der Waals surface area contributed by atoms with E-state index in [1.54, 1.807) is 10.9 Å². The minimum absolute atomic E-state index is 0.00743. The second kappa shape index (κ2) is 5.06. The number of aromatic nitrogens is 2. The average molecular weight is 307 g/mol. The zero-order valence-corrected chi connectivity index (χ0v) is 12.3. The van der Waals surface area contributed by atoms with Gasteiger partial charge in [-0.1, -0.05) is 17.2 Å². The predicted molar refractivity (Wildman–Crippen MR) is 74.9 cm³/mol. The van der Waals surface area contributed by atoms with Gasteiger partial charge in [0.15, 0.2) is 0 Å². The third kappa shape index (κ3) is 2.38. The van der Waals surface area contributed by atoms with E-state index in [9.17, 15) is 4.79 Å². The van der Waals surface area contributed by atoms with Crippen LogP contribution in [0.25, 0.3) is 0 Å². The normalized spacial score (nSPS) is 10.7. The Morgan fingerprint density at radius 2 is 1.89 bits per heavy atom. The maximum atomic E-state index is 12.5. The molecule has 2 rings (SSSR count). The molecule has 0 atom stereocenters. The molecule has 0 aliphatic carbocycles. The number of carbonyl (C=O) groups excluding carboxylic acids is 1. The number of hydrogen-bond acceptors (Lipinski definition) is 2. The summed E-state index contributed by atoms with van der Waals surface area (Å²) < 4.78 is 2.46. The van der Waals surface area contributed by atoms with E-state index in [0.29, 0.717) is 17.8 Å². The minimum atomic E-state index is 0.00743. The topological polar surface area (TPSA) is 34.9 Å². The van der Waals surface area contributed by atoms with E-state index in [-0.39, 0.29) is 5.78 Å². The highest BCUT2D eigenvalue weighted by Crippen LogP contribution is 2.21. The van der Waals surface area contributed by atoms with Crippen LogP contribution in [0.3, 0.4) is 0 Å². The average Bonchev–Trinajstić information content (AvgIpc) is 2.68. The largest absolute Gasteiger partial charge is 0.287 e. The predicted octanol–water partition coefficient (Wildman–Crippen LogP) is 3.51. The van der Waals surface area contributed by atoms with Crippen molar-refractivity contribution in [3.63, 3.8) is 0 Å². The summed E-state index contributed by atoms with van der Waals surface area (Å²) in [6, 6.07) is 5.88. The molecule has 1 aromatic carbocycles. The fraction of sp³-hybridized carbons (Fsp3) is 0.286. The molecule has 2 aromatic rings. The van der Waals surface area contributed by atoms with Gasteiger partial charge in [-0.05, 0) is 48.8 Å². The Kier molecular flexibility index (Phi) is 3.66. The van der Waals surface area contributed by atoms with E-state index in [1.807, 2.05) is 32.9 Å². The summed E-state index contributed by atoms with van der Waals surface area (Å²) in [5.41, 5.74) is 3.51. The van der Waals surface area contributed by atoms with Crippen LogP contribution in [0, 0.1) is 13.8 Å². The van der Waals surface area contributed by atoms with E-state index in [4.69, 9.17) is 0 Å². The summed E-state index contributed by atoms with van der Waals surface area (Å²) in [6.45, 7) is 6.64. The van der Waals surface area contributed by atoms with Crippen LogP contribution in [0.2, 0.25) is 0 Å². The fourth-order valence-corrected chi connectivity index (χ4v) is 2.55. The van der Waals surface area contributed by atoms with Crippen LogP contribution >= 0.6 is 15.9 Å². The van der Waals surface area contributed by atoms with Gasteiger partial charge >= 0.3 is 0 Å². The van der Waals surface area contributed by atoms with Crippen molar-refractivity contribution >= 4 is 21.7 Å². The van der Waals surface area contributed by atoms with Crippen LogP contribution in [0.5, 0.6) is 0 Å². The maximum Gasteiger partial charge on any atom is 0.212 e. The lowest BCUT2D eigenvalue weighted by Crippen LogP contribution is -2.11. The molecule has 0 fully saturated rings. The van der Waals surface area contributed by atoms with Crippen molar-refractivity contribution in [2.75, 3.05) is 0 Å². The Hall–Kier alpha value is -1.42. The lowest BCUT2D eigenvalue weighted by molar-refractivity contribution is 0.102. The first-order chi connectivity index (χ1) is 8.52. The molecule has 0 saturated carbocycles. The Morgan fingerprint density at radius 3 is 2.44 bits per heavy atom. The van der Waals surface area contributed by atoms with E-state index in [1.165, 1.54) is 0 Å². The highest BCUT2D eigenvalue weighted by Gasteiger charge is 2.18. The molecule has 0 radical (unpaired) electrons. The fourth-order valence-electron chi connectivity index (χ4n) is 2.07. The van der Waals surface area contributed by atoms with Gasteiger partial charge in [0.2, 0.25) is 5.78 Å². The maximum absolute atomic E-state index is 12.5. The van der Waals surface area contributed by atoms with Crippen LogP contribution in [-0.2, 0) is 6.54 Å². The summed E-state index contributed by atoms with van der Waals surface area (Å²) in [7, 11) is 0. The van der Waals surface area contributed by atoms with Crippen LogP contribution < -0.4 is 0 Å². The van der Waals surface area contributed by atoms with Gasteiger partial charge in [0.1, 0.15) is 5.69 Å². The lowest BCUT2D eigenvalue weighted by atomic mass is 10.0. The Balaban J connectivity index is 2.50. The molecule has 0 saturated heterocycles. The molecule has 0 bridgehead atoms. The summed E-state index contributed by atoms with van der Waals surface area (Å²) >= 11 is 3.39. The van der Waals surface area contributed by atoms with Gasteiger partial charge in [-0.25, -0.2) is 0 Å². The highest BCUT2D eigenvalue weighted by molar-refractivity contribution is 9.10. The first-order valence-corrected chi connectivity index (χ1v) is 6.66. The van der Waals surface area contributed by atoms with Crippen molar-refractivity contribution in [1.29, 1.82) is 0 Å². The number of ketones is 1. The number of nitrogens with zero attached hydrogens (tertiary/aromatic N) is 2. The molecule has 1 aromatic heterocycles. The standard InChI is InChI=1S/C14H15BrN2O/c1-4-17-13(12(15)8-16-17)14(18)11-6-9(2)5-10(3)7-11/h5-8H,4H2,1-3H3. The molecule has 94 valence electrons. The Labute approximate surface area is 115 Å². The van der Waals surface area contributed by atoms with E-state index < -0.39 is 0 Å². The monoisotopic (exact) mass is 306 g/mol. The van der Waals surface area contributed by atoms with Crippen molar-refractivity contribution in [3.05, 3.63) is 51.3 Å². The molecule has 0 spiro atoms. The second-order valence-corrected chi connectivity index (χ2v) is 5.22. The molecule has 3 nitrogen and oxygen atoms in total. The molecule has 0 amide bonds. The third-order valence-corrected chi connectivity index (χ3v) is 3.37. The van der Waals surface area contributed by atoms with E-state index in [0.717, 1.165) is 15.6 Å². The molecule has 0 aliphatic rings. The van der Waals surface area contributed by atoms with Crippen molar-refractivity contribution in [3.8, 4) is 0 Å². The van der Waals surface area contributed by atoms with Gasteiger partial charge in [0.25, 0.3) is 0 Å². The zero-order chi connectivity index (χ0) is 13.3. The van der Waals surface area contributed by atoms with Crippen LogP contribution in [-0.4, -0.2) is 15.6 Å². The van der Waals surface area contributed by atoms with Crippen molar-refractivity contribution < 1.29 is 4.79 Å². The Morgan fingerprint density at radius 1 is 1.28 bits per heavy atom. The quantitative estimate of drug-likeness (QED) is 0.813. The van der Waals surface area contributed by atoms with Gasteiger partial charge in [-0.15, -0.1) is 0 Å². The second-order valence-electron chi connectivity index (χ2n) is 4.36. The van der Waals surface area contributed by atoms with E-state index in [2.05, 4.69) is 27.1 Å². The van der Waals surface area contributed by atoms with Crippen LogP contribution in [0.1, 0.15) is 34.1 Å². The highest BCUT2D eigenvalue weighted by atomic mass is 79.9. The SMILES string of the molecule is CCn1ncc(Br)c1C(=O)c1cc(C)cc(C)c1. The summed E-state index contributed by atoms with van der Waals surface area (Å²) in [4.78, 5) is 12.5. The molecular weight excluding hydrogens is 292 g/mol. The first kappa shape index (κ1) is 13.0. The zero-order valence-electron chi connectivity index (χ0n) is 10.7. The summed E-state index contributed by atoms with van der Waals surface area (Å²) in [5.74, 6) is 0.00743. The summed E-state index contributed by atoms with van der Waals surface area (Å²) in [6.07, 6.45) is 1.67. The van der Waals surface area contributed by atoms with Gasteiger partial charge < -0.3 is 0 Å². The molecule has 4 heteroatoms. The van der Waals surface area contributed by atoms with Gasteiger partial charge in [0.05, 0.1) is 10.7 Å². The van der Waals surface area contributed by atoms with Crippen LogP contribution in [0.4, 0.5) is 0 Å². The van der Waals surface area contributed by atoms with Crippen LogP contribution in [0.15, 0.2) is 28.9 Å². The third-order valence-electron chi connectivity index (χ3n) is 2.79. The smallest absolute Gasteiger partial charge is 0.212 e. The van der Waals surface area contributed by atoms with Gasteiger partial charge in [-0.3, -0.25) is 9.48 Å². The molecular formula is C14H15BrN2O. The molecule has 0 N–H and O–H groups in total. The van der Waals surface area contributed by atoms with Crippen molar-refractivity contribution in [2.45, 2.75) is 27.3 Å². The number of aryl methyl sites for hydroxylation is 3. The van der Waals surface area contributed by atoms with Crippen molar-refractivity contribution in [1.82, 2.24) is 9.78 Å². The number of benzene rings is 1. The number of halogens is 1. The molecule has 1 heterocycles. The molecule has 0 aliphatic heterocycles. The first-order valence-electron chi connectivity index (χ1n) is 5.87. The summed E-state index contributed by atoms with van der Waals surface area (Å²) in [5, 5.41) is 4.17.